The summed E-state index contributed by atoms with van der Waals surface area (Å²) in [6.45, 7) is 2.51. The molecule has 0 saturated carbocycles. The standard InChI is InChI=1S/C28H37N3O8S2/c32-21-38-25(30-27(34)36-17-23-9-3-1-4-10-23)19-40-15-7-13-29-14-8-16-41-20-26(39-22-33)31-28(35)37-18-24-11-5-2-6-12-24/h1-6,9-12,21-22,25-26,29H,7-8,13-20H2,(H,30,34)(H,31,35). The fraction of sp³-hybridized carbons (Fsp3) is 0.429. The molecule has 0 saturated heterocycles. The van der Waals surface area contributed by atoms with Crippen molar-refractivity contribution in [3.63, 3.8) is 0 Å². The lowest BCUT2D eigenvalue weighted by molar-refractivity contribution is -0.134. The molecule has 2 aromatic rings. The van der Waals surface area contributed by atoms with E-state index in [1.807, 2.05) is 60.7 Å². The predicted octanol–water partition coefficient (Wildman–Crippen LogP) is 3.67. The molecule has 0 aromatic heterocycles. The first kappa shape index (κ1) is 33.8. The van der Waals surface area contributed by atoms with Crippen molar-refractivity contribution in [2.75, 3.05) is 36.1 Å². The fourth-order valence-electron chi connectivity index (χ4n) is 3.26. The largest absolute Gasteiger partial charge is 0.445 e. The van der Waals surface area contributed by atoms with Crippen LogP contribution in [0, 0.1) is 0 Å². The number of ether oxygens (including phenoxy) is 4. The molecule has 13 heteroatoms. The maximum absolute atomic E-state index is 12.0. The number of hydrogen-bond donors (Lipinski definition) is 3. The number of rotatable bonds is 22. The predicted molar refractivity (Wildman–Crippen MR) is 158 cm³/mol. The first-order valence-corrected chi connectivity index (χ1v) is 15.4. The summed E-state index contributed by atoms with van der Waals surface area (Å²) in [5.74, 6) is 2.46. The summed E-state index contributed by atoms with van der Waals surface area (Å²) < 4.78 is 20.2. The Balaban J connectivity index is 1.46. The number of carbonyl (C=O) groups is 4. The maximum atomic E-state index is 12.0. The third-order valence-corrected chi connectivity index (χ3v) is 7.48. The summed E-state index contributed by atoms with van der Waals surface area (Å²) >= 11 is 3.12. The SMILES string of the molecule is O=COC(CSCCCNCCCSCC(NC(=O)OCc1ccccc1)OC=O)NC(=O)OCc1ccccc1. The van der Waals surface area contributed by atoms with E-state index in [9.17, 15) is 19.2 Å². The topological polar surface area (TPSA) is 141 Å². The molecular weight excluding hydrogens is 570 g/mol. The van der Waals surface area contributed by atoms with Crippen molar-refractivity contribution >= 4 is 48.7 Å². The smallest absolute Gasteiger partial charge is 0.410 e. The summed E-state index contributed by atoms with van der Waals surface area (Å²) in [6.07, 6.45) is -1.04. The normalized spacial score (nSPS) is 11.9. The van der Waals surface area contributed by atoms with Gasteiger partial charge in [-0.15, -0.1) is 0 Å². The zero-order valence-electron chi connectivity index (χ0n) is 22.7. The molecule has 0 heterocycles. The molecule has 3 N–H and O–H groups in total. The van der Waals surface area contributed by atoms with E-state index in [2.05, 4.69) is 16.0 Å². The number of benzene rings is 2. The van der Waals surface area contributed by atoms with E-state index in [0.29, 0.717) is 24.5 Å². The Hall–Kier alpha value is -3.42. The van der Waals surface area contributed by atoms with Gasteiger partial charge in [-0.3, -0.25) is 20.2 Å². The van der Waals surface area contributed by atoms with E-state index in [1.165, 1.54) is 0 Å². The Morgan fingerprint density at radius 2 is 1.10 bits per heavy atom. The summed E-state index contributed by atoms with van der Waals surface area (Å²) in [6, 6.07) is 18.6. The van der Waals surface area contributed by atoms with Crippen molar-refractivity contribution in [1.82, 2.24) is 16.0 Å². The van der Waals surface area contributed by atoms with Gasteiger partial charge in [-0.05, 0) is 48.6 Å². The fourth-order valence-corrected chi connectivity index (χ4v) is 5.04. The molecule has 0 aliphatic heterocycles. The molecule has 0 spiro atoms. The number of amides is 2. The van der Waals surface area contributed by atoms with Crippen molar-refractivity contribution < 1.29 is 38.1 Å². The van der Waals surface area contributed by atoms with Crippen LogP contribution >= 0.6 is 23.5 Å². The second-order valence-corrected chi connectivity index (χ2v) is 10.8. The molecule has 2 rings (SSSR count). The van der Waals surface area contributed by atoms with Crippen LogP contribution in [0.3, 0.4) is 0 Å². The van der Waals surface area contributed by atoms with Gasteiger partial charge in [0, 0.05) is 11.5 Å². The molecule has 2 atom stereocenters. The van der Waals surface area contributed by atoms with Crippen molar-refractivity contribution in [1.29, 1.82) is 0 Å². The van der Waals surface area contributed by atoms with Gasteiger partial charge < -0.3 is 24.3 Å². The summed E-state index contributed by atoms with van der Waals surface area (Å²) in [4.78, 5) is 45.5. The molecule has 0 fully saturated rings. The van der Waals surface area contributed by atoms with Crippen molar-refractivity contribution in [2.45, 2.75) is 38.5 Å². The van der Waals surface area contributed by atoms with Gasteiger partial charge >= 0.3 is 12.2 Å². The van der Waals surface area contributed by atoms with E-state index < -0.39 is 24.6 Å². The van der Waals surface area contributed by atoms with Gasteiger partial charge in [0.1, 0.15) is 13.2 Å². The molecule has 0 aliphatic rings. The van der Waals surface area contributed by atoms with Gasteiger partial charge in [0.25, 0.3) is 12.9 Å². The van der Waals surface area contributed by atoms with Gasteiger partial charge in [-0.1, -0.05) is 60.7 Å². The molecule has 2 amide bonds. The highest BCUT2D eigenvalue weighted by Crippen LogP contribution is 2.08. The molecule has 2 unspecified atom stereocenters. The third kappa shape index (κ3) is 17.1. The zero-order chi connectivity index (χ0) is 29.4. The molecule has 11 nitrogen and oxygen atoms in total. The summed E-state index contributed by atoms with van der Waals surface area (Å²) in [5, 5.41) is 8.45. The van der Waals surface area contributed by atoms with Crippen LogP contribution in [-0.2, 0) is 41.8 Å². The van der Waals surface area contributed by atoms with Gasteiger partial charge in [0.15, 0.2) is 12.5 Å². The van der Waals surface area contributed by atoms with Crippen molar-refractivity contribution in [3.8, 4) is 0 Å². The van der Waals surface area contributed by atoms with Gasteiger partial charge in [0.05, 0.1) is 0 Å². The van der Waals surface area contributed by atoms with Crippen LogP contribution in [-0.4, -0.2) is 73.7 Å². The number of carbonyl (C=O) groups excluding carboxylic acids is 4. The Labute approximate surface area is 248 Å². The monoisotopic (exact) mass is 607 g/mol. The van der Waals surface area contributed by atoms with E-state index in [0.717, 1.165) is 48.6 Å². The minimum atomic E-state index is -0.766. The first-order chi connectivity index (χ1) is 20.1. The molecule has 0 bridgehead atoms. The van der Waals surface area contributed by atoms with Crippen LogP contribution in [0.15, 0.2) is 60.7 Å². The molecular formula is C28H37N3O8S2. The van der Waals surface area contributed by atoms with Crippen molar-refractivity contribution in [2.24, 2.45) is 0 Å². The number of nitrogens with one attached hydrogen (secondary N) is 3. The van der Waals surface area contributed by atoms with Crippen LogP contribution in [0.4, 0.5) is 9.59 Å². The minimum Gasteiger partial charge on any atom is -0.445 e. The van der Waals surface area contributed by atoms with Crippen LogP contribution in [0.1, 0.15) is 24.0 Å². The average Bonchev–Trinajstić information content (AvgIpc) is 2.99. The average molecular weight is 608 g/mol. The second-order valence-electron chi connectivity index (χ2n) is 8.46. The lowest BCUT2D eigenvalue weighted by Gasteiger charge is -2.16. The Bertz CT molecular complexity index is 925. The van der Waals surface area contributed by atoms with E-state index in [1.54, 1.807) is 23.5 Å². The first-order valence-electron chi connectivity index (χ1n) is 13.1. The highest BCUT2D eigenvalue weighted by molar-refractivity contribution is 7.99. The number of hydrogen-bond acceptors (Lipinski definition) is 11. The summed E-state index contributed by atoms with van der Waals surface area (Å²) in [5.41, 5.74) is 1.72. The molecule has 0 radical (unpaired) electrons. The van der Waals surface area contributed by atoms with Crippen LogP contribution < -0.4 is 16.0 Å². The molecule has 2 aromatic carbocycles. The molecule has 41 heavy (non-hydrogen) atoms. The maximum Gasteiger partial charge on any atom is 0.410 e. The van der Waals surface area contributed by atoms with E-state index >= 15 is 0 Å². The Kier molecular flexibility index (Phi) is 18.4. The molecule has 0 aliphatic carbocycles. The van der Waals surface area contributed by atoms with Crippen molar-refractivity contribution in [3.05, 3.63) is 71.8 Å². The second kappa shape index (κ2) is 22.3. The van der Waals surface area contributed by atoms with Crippen LogP contribution in [0.25, 0.3) is 0 Å². The summed E-state index contributed by atoms with van der Waals surface area (Å²) in [7, 11) is 0. The third-order valence-electron chi connectivity index (χ3n) is 5.25. The highest BCUT2D eigenvalue weighted by Gasteiger charge is 2.15. The number of thioether (sulfide) groups is 2. The Morgan fingerprint density at radius 1 is 0.683 bits per heavy atom. The van der Waals surface area contributed by atoms with Crippen LogP contribution in [0.5, 0.6) is 0 Å². The minimum absolute atomic E-state index is 0.131. The number of alkyl carbamates (subject to hydrolysis) is 2. The highest BCUT2D eigenvalue weighted by atomic mass is 32.2. The van der Waals surface area contributed by atoms with E-state index in [-0.39, 0.29) is 13.2 Å². The Morgan fingerprint density at radius 3 is 1.49 bits per heavy atom. The van der Waals surface area contributed by atoms with Gasteiger partial charge in [-0.25, -0.2) is 9.59 Å². The van der Waals surface area contributed by atoms with Gasteiger partial charge in [0.2, 0.25) is 0 Å². The van der Waals surface area contributed by atoms with E-state index in [4.69, 9.17) is 18.9 Å². The van der Waals surface area contributed by atoms with Gasteiger partial charge in [-0.2, -0.15) is 23.5 Å². The van der Waals surface area contributed by atoms with Crippen LogP contribution in [0.2, 0.25) is 0 Å². The zero-order valence-corrected chi connectivity index (χ0v) is 24.4. The lowest BCUT2D eigenvalue weighted by atomic mass is 10.2. The molecule has 224 valence electrons. The lowest BCUT2D eigenvalue weighted by Crippen LogP contribution is -2.39. The quantitative estimate of drug-likeness (QED) is 0.0781.